The van der Waals surface area contributed by atoms with Crippen molar-refractivity contribution < 1.29 is 4.79 Å². The van der Waals surface area contributed by atoms with E-state index in [4.69, 9.17) is 0 Å². The Morgan fingerprint density at radius 2 is 2.23 bits per heavy atom. The predicted molar refractivity (Wildman–Crippen MR) is 89.2 cm³/mol. The Kier molecular flexibility index (Phi) is 5.40. The SMILES string of the molecule is C=C(C)CN(CC)C1CCc2c(c(C(=O)NC)nn2CC)C1. The summed E-state index contributed by atoms with van der Waals surface area (Å²) in [5.74, 6) is -0.0768. The molecule has 0 aliphatic heterocycles. The number of aromatic nitrogens is 2. The summed E-state index contributed by atoms with van der Waals surface area (Å²) in [7, 11) is 1.67. The van der Waals surface area contributed by atoms with Gasteiger partial charge in [0.15, 0.2) is 5.69 Å². The molecule has 1 amide bonds. The van der Waals surface area contributed by atoms with Crippen LogP contribution in [0, 0.1) is 0 Å². The van der Waals surface area contributed by atoms with Gasteiger partial charge >= 0.3 is 0 Å². The molecule has 0 fully saturated rings. The van der Waals surface area contributed by atoms with Gasteiger partial charge in [-0.3, -0.25) is 14.4 Å². The van der Waals surface area contributed by atoms with Crippen molar-refractivity contribution in [1.29, 1.82) is 0 Å². The van der Waals surface area contributed by atoms with Crippen LogP contribution in [0.5, 0.6) is 0 Å². The fraction of sp³-hybridized carbons (Fsp3) is 0.647. The van der Waals surface area contributed by atoms with Crippen molar-refractivity contribution in [2.24, 2.45) is 0 Å². The van der Waals surface area contributed by atoms with Crippen molar-refractivity contribution in [3.63, 3.8) is 0 Å². The minimum Gasteiger partial charge on any atom is -0.354 e. The first kappa shape index (κ1) is 16.7. The molecule has 1 N–H and O–H groups in total. The van der Waals surface area contributed by atoms with E-state index >= 15 is 0 Å². The van der Waals surface area contributed by atoms with Gasteiger partial charge in [0, 0.05) is 37.4 Å². The molecule has 5 heteroatoms. The largest absolute Gasteiger partial charge is 0.354 e. The highest BCUT2D eigenvalue weighted by Gasteiger charge is 2.30. The summed E-state index contributed by atoms with van der Waals surface area (Å²) in [6.07, 6.45) is 3.01. The minimum absolute atomic E-state index is 0.0768. The summed E-state index contributed by atoms with van der Waals surface area (Å²) < 4.78 is 1.99. The van der Waals surface area contributed by atoms with E-state index in [0.717, 1.165) is 44.5 Å². The number of nitrogens with one attached hydrogen (secondary N) is 1. The van der Waals surface area contributed by atoms with Crippen LogP contribution in [0.1, 0.15) is 48.9 Å². The first-order valence-corrected chi connectivity index (χ1v) is 8.20. The molecule has 1 aliphatic rings. The Morgan fingerprint density at radius 3 is 2.77 bits per heavy atom. The zero-order valence-corrected chi connectivity index (χ0v) is 14.3. The summed E-state index contributed by atoms with van der Waals surface area (Å²) in [5, 5.41) is 7.25. The van der Waals surface area contributed by atoms with Gasteiger partial charge in [-0.05, 0) is 39.7 Å². The van der Waals surface area contributed by atoms with Gasteiger partial charge in [0.1, 0.15) is 0 Å². The Balaban J connectivity index is 2.29. The smallest absolute Gasteiger partial charge is 0.271 e. The van der Waals surface area contributed by atoms with Crippen LogP contribution < -0.4 is 5.32 Å². The molecule has 5 nitrogen and oxygen atoms in total. The van der Waals surface area contributed by atoms with Gasteiger partial charge in [-0.1, -0.05) is 19.1 Å². The first-order valence-electron chi connectivity index (χ1n) is 8.20. The lowest BCUT2D eigenvalue weighted by atomic mass is 9.90. The number of likely N-dealkylation sites (N-methyl/N-ethyl adjacent to an activating group) is 1. The van der Waals surface area contributed by atoms with Crippen LogP contribution >= 0.6 is 0 Å². The standard InChI is InChI=1S/C17H28N4O/c1-6-20(11-12(3)4)13-8-9-15-14(10-13)16(17(22)18-5)19-21(15)7-2/h13H,3,6-11H2,1-2,4-5H3,(H,18,22). The third kappa shape index (κ3) is 3.24. The number of rotatable bonds is 6. The van der Waals surface area contributed by atoms with E-state index in [9.17, 15) is 4.79 Å². The number of nitrogens with zero attached hydrogens (tertiary/aromatic N) is 3. The van der Waals surface area contributed by atoms with Gasteiger partial charge < -0.3 is 5.32 Å². The van der Waals surface area contributed by atoms with E-state index in [1.54, 1.807) is 7.05 Å². The molecule has 0 saturated carbocycles. The van der Waals surface area contributed by atoms with Crippen molar-refractivity contribution in [2.45, 2.75) is 52.6 Å². The van der Waals surface area contributed by atoms with E-state index in [0.29, 0.717) is 11.7 Å². The molecule has 1 aliphatic carbocycles. The summed E-state index contributed by atoms with van der Waals surface area (Å²) in [6.45, 7) is 13.1. The van der Waals surface area contributed by atoms with Crippen molar-refractivity contribution in [2.75, 3.05) is 20.1 Å². The van der Waals surface area contributed by atoms with Crippen LogP contribution in [0.3, 0.4) is 0 Å². The number of carbonyl (C=O) groups is 1. The number of carbonyl (C=O) groups excluding carboxylic acids is 1. The van der Waals surface area contributed by atoms with Gasteiger partial charge in [-0.25, -0.2) is 0 Å². The summed E-state index contributed by atoms with van der Waals surface area (Å²) in [6, 6.07) is 0.465. The third-order valence-corrected chi connectivity index (χ3v) is 4.46. The Bertz CT molecular complexity index is 561. The molecule has 0 saturated heterocycles. The number of fused-ring (bicyclic) bond motifs is 1. The second kappa shape index (κ2) is 7.09. The van der Waals surface area contributed by atoms with Crippen LogP contribution in [0.4, 0.5) is 0 Å². The van der Waals surface area contributed by atoms with E-state index in [1.807, 2.05) is 4.68 Å². The fourth-order valence-corrected chi connectivity index (χ4v) is 3.39. The summed E-state index contributed by atoms with van der Waals surface area (Å²) in [4.78, 5) is 14.6. The monoisotopic (exact) mass is 304 g/mol. The summed E-state index contributed by atoms with van der Waals surface area (Å²) in [5.41, 5.74) is 4.17. The Morgan fingerprint density at radius 1 is 1.50 bits per heavy atom. The maximum Gasteiger partial charge on any atom is 0.271 e. The third-order valence-electron chi connectivity index (χ3n) is 4.46. The molecule has 1 unspecified atom stereocenters. The number of amides is 1. The predicted octanol–water partition coefficient (Wildman–Crippen LogP) is 2.02. The van der Waals surface area contributed by atoms with E-state index in [1.165, 1.54) is 11.3 Å². The van der Waals surface area contributed by atoms with E-state index in [-0.39, 0.29) is 5.91 Å². The maximum absolute atomic E-state index is 12.1. The van der Waals surface area contributed by atoms with Crippen LogP contribution in [0.2, 0.25) is 0 Å². The van der Waals surface area contributed by atoms with Crippen molar-refractivity contribution in [3.05, 3.63) is 29.1 Å². The lowest BCUT2D eigenvalue weighted by Gasteiger charge is -2.34. The van der Waals surface area contributed by atoms with Gasteiger partial charge in [0.2, 0.25) is 0 Å². The molecule has 0 aromatic carbocycles. The number of hydrogen-bond donors (Lipinski definition) is 1. The molecule has 0 radical (unpaired) electrons. The molecule has 1 aromatic heterocycles. The van der Waals surface area contributed by atoms with Crippen LogP contribution in [-0.4, -0.2) is 46.8 Å². The molecule has 122 valence electrons. The normalized spacial score (nSPS) is 17.4. The molecule has 0 bridgehead atoms. The summed E-state index contributed by atoms with van der Waals surface area (Å²) >= 11 is 0. The zero-order chi connectivity index (χ0) is 16.3. The maximum atomic E-state index is 12.1. The van der Waals surface area contributed by atoms with Crippen molar-refractivity contribution in [3.8, 4) is 0 Å². The average molecular weight is 304 g/mol. The van der Waals surface area contributed by atoms with Gasteiger partial charge in [-0.2, -0.15) is 5.10 Å². The van der Waals surface area contributed by atoms with Gasteiger partial charge in [0.25, 0.3) is 5.91 Å². The lowest BCUT2D eigenvalue weighted by Crippen LogP contribution is -2.40. The molecule has 1 heterocycles. The highest BCUT2D eigenvalue weighted by molar-refractivity contribution is 5.93. The highest BCUT2D eigenvalue weighted by Crippen LogP contribution is 2.28. The molecule has 2 rings (SSSR count). The Hall–Kier alpha value is -1.62. The van der Waals surface area contributed by atoms with Crippen molar-refractivity contribution in [1.82, 2.24) is 20.0 Å². The zero-order valence-electron chi connectivity index (χ0n) is 14.3. The number of aryl methyl sites for hydroxylation is 1. The average Bonchev–Trinajstić information content (AvgIpc) is 2.89. The quantitative estimate of drug-likeness (QED) is 0.818. The number of hydrogen-bond acceptors (Lipinski definition) is 3. The second-order valence-electron chi connectivity index (χ2n) is 6.09. The Labute approximate surface area is 133 Å². The molecule has 1 atom stereocenters. The molecule has 1 aromatic rings. The van der Waals surface area contributed by atoms with Crippen LogP contribution in [-0.2, 0) is 19.4 Å². The van der Waals surface area contributed by atoms with Gasteiger partial charge in [0.05, 0.1) is 0 Å². The lowest BCUT2D eigenvalue weighted by molar-refractivity contribution is 0.0955. The second-order valence-corrected chi connectivity index (χ2v) is 6.09. The van der Waals surface area contributed by atoms with E-state index < -0.39 is 0 Å². The van der Waals surface area contributed by atoms with Crippen molar-refractivity contribution >= 4 is 5.91 Å². The van der Waals surface area contributed by atoms with Crippen LogP contribution in [0.25, 0.3) is 0 Å². The molecule has 22 heavy (non-hydrogen) atoms. The highest BCUT2D eigenvalue weighted by atomic mass is 16.1. The first-order chi connectivity index (χ1) is 10.5. The molecular formula is C17H28N4O. The van der Waals surface area contributed by atoms with Crippen LogP contribution in [0.15, 0.2) is 12.2 Å². The molecular weight excluding hydrogens is 276 g/mol. The van der Waals surface area contributed by atoms with E-state index in [2.05, 4.69) is 42.7 Å². The molecule has 0 spiro atoms. The van der Waals surface area contributed by atoms with Gasteiger partial charge in [-0.15, -0.1) is 0 Å². The topological polar surface area (TPSA) is 50.2 Å². The minimum atomic E-state index is -0.0768. The fourth-order valence-electron chi connectivity index (χ4n) is 3.39.